The Morgan fingerprint density at radius 3 is 2.89 bits per heavy atom. The number of nitrogens with two attached hydrogens (primary N) is 1. The van der Waals surface area contributed by atoms with Gasteiger partial charge in [0.2, 0.25) is 0 Å². The quantitative estimate of drug-likeness (QED) is 0.792. The van der Waals surface area contributed by atoms with Crippen molar-refractivity contribution in [3.8, 4) is 0 Å². The molecule has 0 atom stereocenters. The smallest absolute Gasteiger partial charge is 0.160 e. The van der Waals surface area contributed by atoms with Crippen molar-refractivity contribution in [1.82, 2.24) is 14.6 Å². The van der Waals surface area contributed by atoms with Crippen LogP contribution in [0.1, 0.15) is 11.4 Å². The van der Waals surface area contributed by atoms with Crippen LogP contribution in [0.15, 0.2) is 47.1 Å². The Balaban J connectivity index is 2.02. The Kier molecular flexibility index (Phi) is 2.76. The summed E-state index contributed by atoms with van der Waals surface area (Å²) >= 11 is 3.46. The molecule has 0 spiro atoms. The fourth-order valence-corrected chi connectivity index (χ4v) is 2.35. The minimum Gasteiger partial charge on any atom is -0.398 e. The summed E-state index contributed by atoms with van der Waals surface area (Å²) in [6, 6.07) is 11.9. The number of halogens is 1. The standard InChI is InChI=1S/C13H11BrN4/c14-10-3-1-2-9(6-10)7-13-17-16-12-5-4-11(15)8-18(12)13/h1-6,8H,7,15H2. The van der Waals surface area contributed by atoms with Gasteiger partial charge in [0.15, 0.2) is 5.65 Å². The van der Waals surface area contributed by atoms with E-state index in [1.807, 2.05) is 34.9 Å². The molecular formula is C13H11BrN4. The molecule has 0 bridgehead atoms. The molecule has 0 fully saturated rings. The molecule has 0 saturated heterocycles. The van der Waals surface area contributed by atoms with E-state index >= 15 is 0 Å². The topological polar surface area (TPSA) is 56.2 Å². The summed E-state index contributed by atoms with van der Waals surface area (Å²) in [6.45, 7) is 0. The van der Waals surface area contributed by atoms with Gasteiger partial charge in [0, 0.05) is 22.8 Å². The second-order valence-corrected chi connectivity index (χ2v) is 5.03. The van der Waals surface area contributed by atoms with Crippen LogP contribution in [-0.2, 0) is 6.42 Å². The zero-order valence-electron chi connectivity index (χ0n) is 9.55. The van der Waals surface area contributed by atoms with Crippen molar-refractivity contribution in [2.24, 2.45) is 0 Å². The van der Waals surface area contributed by atoms with Gasteiger partial charge in [-0.3, -0.25) is 4.40 Å². The summed E-state index contributed by atoms with van der Waals surface area (Å²) in [5, 5.41) is 8.33. The zero-order valence-corrected chi connectivity index (χ0v) is 11.1. The van der Waals surface area contributed by atoms with Crippen molar-refractivity contribution in [3.63, 3.8) is 0 Å². The van der Waals surface area contributed by atoms with Crippen molar-refractivity contribution in [1.29, 1.82) is 0 Å². The van der Waals surface area contributed by atoms with E-state index in [0.717, 1.165) is 22.4 Å². The third kappa shape index (κ3) is 2.09. The first-order valence-electron chi connectivity index (χ1n) is 5.56. The molecule has 0 aliphatic carbocycles. The predicted molar refractivity (Wildman–Crippen MR) is 74.3 cm³/mol. The van der Waals surface area contributed by atoms with Crippen LogP contribution in [0.2, 0.25) is 0 Å². The maximum atomic E-state index is 5.79. The first-order chi connectivity index (χ1) is 8.72. The van der Waals surface area contributed by atoms with Crippen LogP contribution in [0.3, 0.4) is 0 Å². The molecular weight excluding hydrogens is 292 g/mol. The molecule has 0 amide bonds. The summed E-state index contributed by atoms with van der Waals surface area (Å²) < 4.78 is 2.99. The monoisotopic (exact) mass is 302 g/mol. The van der Waals surface area contributed by atoms with E-state index in [0.29, 0.717) is 5.69 Å². The molecule has 5 heteroatoms. The van der Waals surface area contributed by atoms with E-state index in [1.165, 1.54) is 5.56 Å². The minimum absolute atomic E-state index is 0.706. The molecule has 3 rings (SSSR count). The number of benzene rings is 1. The van der Waals surface area contributed by atoms with Crippen molar-refractivity contribution in [2.45, 2.75) is 6.42 Å². The molecule has 4 nitrogen and oxygen atoms in total. The highest BCUT2D eigenvalue weighted by molar-refractivity contribution is 9.10. The van der Waals surface area contributed by atoms with Crippen LogP contribution in [0.25, 0.3) is 5.65 Å². The Bertz CT molecular complexity index is 705. The molecule has 90 valence electrons. The van der Waals surface area contributed by atoms with E-state index in [4.69, 9.17) is 5.73 Å². The van der Waals surface area contributed by atoms with Gasteiger partial charge in [0.05, 0.1) is 0 Å². The van der Waals surface area contributed by atoms with Crippen LogP contribution in [0, 0.1) is 0 Å². The lowest BCUT2D eigenvalue weighted by atomic mass is 10.1. The molecule has 0 unspecified atom stereocenters. The molecule has 3 aromatic rings. The molecule has 0 saturated carbocycles. The van der Waals surface area contributed by atoms with Gasteiger partial charge in [-0.05, 0) is 29.8 Å². The van der Waals surface area contributed by atoms with E-state index in [1.54, 1.807) is 0 Å². The highest BCUT2D eigenvalue weighted by atomic mass is 79.9. The fraction of sp³-hybridized carbons (Fsp3) is 0.0769. The Hall–Kier alpha value is -1.88. The average Bonchev–Trinajstić information content (AvgIpc) is 2.72. The summed E-state index contributed by atoms with van der Waals surface area (Å²) in [5.41, 5.74) is 8.49. The summed E-state index contributed by atoms with van der Waals surface area (Å²) in [5.74, 6) is 0.885. The summed E-state index contributed by atoms with van der Waals surface area (Å²) in [6.07, 6.45) is 2.58. The number of pyridine rings is 1. The van der Waals surface area contributed by atoms with Crippen molar-refractivity contribution < 1.29 is 0 Å². The number of rotatable bonds is 2. The van der Waals surface area contributed by atoms with Gasteiger partial charge in [-0.1, -0.05) is 28.1 Å². The van der Waals surface area contributed by atoms with Gasteiger partial charge >= 0.3 is 0 Å². The number of hydrogen-bond acceptors (Lipinski definition) is 3. The zero-order chi connectivity index (χ0) is 12.5. The number of aromatic nitrogens is 3. The highest BCUT2D eigenvalue weighted by Crippen LogP contribution is 2.16. The third-order valence-electron chi connectivity index (χ3n) is 2.75. The normalized spacial score (nSPS) is 10.9. The number of nitrogens with zero attached hydrogens (tertiary/aromatic N) is 3. The lowest BCUT2D eigenvalue weighted by Crippen LogP contribution is -1.98. The third-order valence-corrected chi connectivity index (χ3v) is 3.24. The summed E-state index contributed by atoms with van der Waals surface area (Å²) in [7, 11) is 0. The first kappa shape index (κ1) is 11.2. The Labute approximate surface area is 113 Å². The first-order valence-corrected chi connectivity index (χ1v) is 6.35. The molecule has 2 aromatic heterocycles. The van der Waals surface area contributed by atoms with Crippen LogP contribution in [0.5, 0.6) is 0 Å². The van der Waals surface area contributed by atoms with Crippen LogP contribution in [0.4, 0.5) is 5.69 Å². The van der Waals surface area contributed by atoms with Crippen LogP contribution in [-0.4, -0.2) is 14.6 Å². The van der Waals surface area contributed by atoms with Gasteiger partial charge in [-0.25, -0.2) is 0 Å². The summed E-state index contributed by atoms with van der Waals surface area (Å²) in [4.78, 5) is 0. The number of anilines is 1. The van der Waals surface area contributed by atoms with Gasteiger partial charge in [0.1, 0.15) is 5.82 Å². The average molecular weight is 303 g/mol. The molecule has 18 heavy (non-hydrogen) atoms. The second-order valence-electron chi connectivity index (χ2n) is 4.11. The molecule has 2 heterocycles. The van der Waals surface area contributed by atoms with Crippen molar-refractivity contribution in [3.05, 3.63) is 58.5 Å². The second kappa shape index (κ2) is 4.42. The molecule has 2 N–H and O–H groups in total. The molecule has 0 aliphatic rings. The number of nitrogen functional groups attached to an aromatic ring is 1. The Morgan fingerprint density at radius 1 is 1.17 bits per heavy atom. The van der Waals surface area contributed by atoms with Gasteiger partial charge in [-0.2, -0.15) is 0 Å². The van der Waals surface area contributed by atoms with Crippen molar-refractivity contribution in [2.75, 3.05) is 5.73 Å². The van der Waals surface area contributed by atoms with Crippen molar-refractivity contribution >= 4 is 27.3 Å². The molecule has 0 aliphatic heterocycles. The van der Waals surface area contributed by atoms with Gasteiger partial charge < -0.3 is 5.73 Å². The Morgan fingerprint density at radius 2 is 2.06 bits per heavy atom. The minimum atomic E-state index is 0.706. The van der Waals surface area contributed by atoms with Gasteiger partial charge in [0.25, 0.3) is 0 Å². The van der Waals surface area contributed by atoms with Crippen LogP contribution < -0.4 is 5.73 Å². The number of fused-ring (bicyclic) bond motifs is 1. The van der Waals surface area contributed by atoms with E-state index in [2.05, 4.69) is 38.3 Å². The van der Waals surface area contributed by atoms with Gasteiger partial charge in [-0.15, -0.1) is 10.2 Å². The molecule has 0 radical (unpaired) electrons. The number of hydrogen-bond donors (Lipinski definition) is 1. The lowest BCUT2D eigenvalue weighted by molar-refractivity contribution is 0.935. The maximum Gasteiger partial charge on any atom is 0.160 e. The van der Waals surface area contributed by atoms with E-state index in [-0.39, 0.29) is 0 Å². The fourth-order valence-electron chi connectivity index (χ4n) is 1.90. The largest absolute Gasteiger partial charge is 0.398 e. The van der Waals surface area contributed by atoms with E-state index in [9.17, 15) is 0 Å². The predicted octanol–water partition coefficient (Wildman–Crippen LogP) is 2.66. The lowest BCUT2D eigenvalue weighted by Gasteiger charge is -2.02. The SMILES string of the molecule is Nc1ccc2nnc(Cc3cccc(Br)c3)n2c1. The molecule has 1 aromatic carbocycles. The van der Waals surface area contributed by atoms with Crippen LogP contribution >= 0.6 is 15.9 Å². The highest BCUT2D eigenvalue weighted by Gasteiger charge is 2.06. The van der Waals surface area contributed by atoms with E-state index < -0.39 is 0 Å². The maximum absolute atomic E-state index is 5.79.